The normalized spacial score (nSPS) is 15.2. The van der Waals surface area contributed by atoms with Gasteiger partial charge in [-0.2, -0.15) is 5.26 Å². The fraction of sp³-hybridized carbons (Fsp3) is 0.500. The lowest BCUT2D eigenvalue weighted by Gasteiger charge is -2.18. The van der Waals surface area contributed by atoms with Crippen molar-refractivity contribution in [1.82, 2.24) is 4.57 Å². The van der Waals surface area contributed by atoms with E-state index in [0.717, 1.165) is 43.1 Å². The van der Waals surface area contributed by atoms with E-state index in [1.165, 1.54) is 25.5 Å². The molecule has 0 radical (unpaired) electrons. The van der Waals surface area contributed by atoms with Gasteiger partial charge in [0.15, 0.2) is 11.5 Å². The Morgan fingerprint density at radius 3 is 2.54 bits per heavy atom. The number of carbonyl (C=O) groups excluding carboxylic acids is 1. The van der Waals surface area contributed by atoms with Crippen molar-refractivity contribution in [3.63, 3.8) is 0 Å². The molecule has 1 aromatic heterocycles. The van der Waals surface area contributed by atoms with Gasteiger partial charge in [-0.05, 0) is 43.9 Å². The summed E-state index contributed by atoms with van der Waals surface area (Å²) in [4.78, 5) is 26.3. The predicted molar refractivity (Wildman–Crippen MR) is 135 cm³/mol. The van der Waals surface area contributed by atoms with Crippen LogP contribution in [0.3, 0.4) is 0 Å². The van der Waals surface area contributed by atoms with Crippen LogP contribution in [0.15, 0.2) is 16.9 Å². The van der Waals surface area contributed by atoms with Crippen LogP contribution in [0.2, 0.25) is 10.0 Å². The minimum atomic E-state index is -0.659. The summed E-state index contributed by atoms with van der Waals surface area (Å²) in [7, 11) is 0. The fourth-order valence-electron chi connectivity index (χ4n) is 4.24. The quantitative estimate of drug-likeness (QED) is 0.296. The van der Waals surface area contributed by atoms with Gasteiger partial charge in [0, 0.05) is 12.2 Å². The van der Waals surface area contributed by atoms with Crippen molar-refractivity contribution in [2.45, 2.75) is 71.4 Å². The summed E-state index contributed by atoms with van der Waals surface area (Å²) in [5.41, 5.74) is -0.795. The van der Waals surface area contributed by atoms with Gasteiger partial charge in [-0.1, -0.05) is 55.8 Å². The third-order valence-electron chi connectivity index (χ3n) is 6.19. The number of hydrogen-bond acceptors (Lipinski definition) is 6. The molecule has 3 rings (SSSR count). The molecule has 1 fully saturated rings. The summed E-state index contributed by atoms with van der Waals surface area (Å²) in [5, 5.41) is 20.9. The molecule has 1 aliphatic heterocycles. The number of nitriles is 1. The van der Waals surface area contributed by atoms with E-state index in [0.29, 0.717) is 19.0 Å². The topological polar surface area (TPSA) is 102 Å². The average molecular weight is 521 g/mol. The van der Waals surface area contributed by atoms with E-state index in [1.807, 2.05) is 6.07 Å². The van der Waals surface area contributed by atoms with E-state index in [-0.39, 0.29) is 44.9 Å². The van der Waals surface area contributed by atoms with Crippen LogP contribution in [0.1, 0.15) is 78.9 Å². The molecule has 0 bridgehead atoms. The van der Waals surface area contributed by atoms with Crippen molar-refractivity contribution < 1.29 is 19.4 Å². The van der Waals surface area contributed by atoms with Crippen LogP contribution in [0.25, 0.3) is 0 Å². The zero-order valence-corrected chi connectivity index (χ0v) is 21.5. The highest BCUT2D eigenvalue weighted by molar-refractivity contribution is 6.38. The molecule has 1 aliphatic rings. The molecule has 2 aromatic rings. The van der Waals surface area contributed by atoms with E-state index in [2.05, 4.69) is 6.92 Å². The molecule has 7 nitrogen and oxygen atoms in total. The summed E-state index contributed by atoms with van der Waals surface area (Å²) in [6.45, 7) is 4.68. The zero-order valence-electron chi connectivity index (χ0n) is 20.0. The highest BCUT2D eigenvalue weighted by Gasteiger charge is 2.28. The van der Waals surface area contributed by atoms with Crippen LogP contribution in [-0.4, -0.2) is 34.8 Å². The van der Waals surface area contributed by atoms with Crippen LogP contribution in [0.4, 0.5) is 0 Å². The van der Waals surface area contributed by atoms with Gasteiger partial charge in [0.2, 0.25) is 5.88 Å². The number of rotatable bonds is 11. The number of benzene rings is 1. The number of aromatic nitrogens is 1. The highest BCUT2D eigenvalue weighted by atomic mass is 35.5. The minimum absolute atomic E-state index is 0.0481. The first kappa shape index (κ1) is 27.1. The van der Waals surface area contributed by atoms with Crippen LogP contribution < -0.4 is 10.3 Å². The lowest BCUT2D eigenvalue weighted by atomic mass is 9.97. The second kappa shape index (κ2) is 12.4. The van der Waals surface area contributed by atoms with Crippen molar-refractivity contribution in [2.75, 3.05) is 13.2 Å². The number of nitrogens with zero attached hydrogens (tertiary/aromatic N) is 2. The Balaban J connectivity index is 1.90. The van der Waals surface area contributed by atoms with E-state index < -0.39 is 17.2 Å². The molecule has 0 spiro atoms. The molecule has 1 unspecified atom stereocenters. The van der Waals surface area contributed by atoms with E-state index in [1.54, 1.807) is 0 Å². The number of hydrogen-bond donors (Lipinski definition) is 1. The Morgan fingerprint density at radius 2 is 1.94 bits per heavy atom. The number of pyridine rings is 1. The Kier molecular flexibility index (Phi) is 9.62. The van der Waals surface area contributed by atoms with Gasteiger partial charge in [-0.25, -0.2) is 0 Å². The van der Waals surface area contributed by atoms with Gasteiger partial charge in [0.05, 0.1) is 34.9 Å². The zero-order chi connectivity index (χ0) is 25.5. The van der Waals surface area contributed by atoms with Gasteiger partial charge in [0.25, 0.3) is 5.56 Å². The number of halogens is 2. The van der Waals surface area contributed by atoms with Crippen LogP contribution >= 0.6 is 23.2 Å². The Bertz CT molecular complexity index is 1160. The second-order valence-corrected chi connectivity index (χ2v) is 9.54. The van der Waals surface area contributed by atoms with E-state index in [9.17, 15) is 20.0 Å². The third-order valence-corrected chi connectivity index (χ3v) is 6.75. The summed E-state index contributed by atoms with van der Waals surface area (Å²) in [6, 6.07) is 4.70. The van der Waals surface area contributed by atoms with Crippen LogP contribution in [0.5, 0.6) is 11.6 Å². The molecule has 0 amide bonds. The van der Waals surface area contributed by atoms with E-state index in [4.69, 9.17) is 32.7 Å². The molecule has 188 valence electrons. The van der Waals surface area contributed by atoms with Gasteiger partial charge in [-0.15, -0.1) is 0 Å². The first-order valence-electron chi connectivity index (χ1n) is 11.9. The largest absolute Gasteiger partial charge is 0.494 e. The number of unbranched alkanes of at least 4 members (excludes halogenated alkanes) is 4. The summed E-state index contributed by atoms with van der Waals surface area (Å²) in [5.74, 6) is -0.818. The number of aromatic hydroxyl groups is 1. The number of ketones is 1. The molecular formula is C26H30Cl2N2O5. The van der Waals surface area contributed by atoms with Gasteiger partial charge >= 0.3 is 0 Å². The molecule has 0 aliphatic carbocycles. The molecule has 2 heterocycles. The number of ether oxygens (including phenoxy) is 2. The van der Waals surface area contributed by atoms with Gasteiger partial charge < -0.3 is 14.6 Å². The molecular weight excluding hydrogens is 491 g/mol. The second-order valence-electron chi connectivity index (χ2n) is 8.72. The molecule has 1 aromatic carbocycles. The molecule has 35 heavy (non-hydrogen) atoms. The molecule has 1 saturated heterocycles. The first-order chi connectivity index (χ1) is 16.8. The summed E-state index contributed by atoms with van der Waals surface area (Å²) < 4.78 is 12.4. The third kappa shape index (κ3) is 6.19. The number of carbonyl (C=O) groups is 1. The van der Waals surface area contributed by atoms with Crippen LogP contribution in [0, 0.1) is 18.3 Å². The highest BCUT2D eigenvalue weighted by Crippen LogP contribution is 2.36. The SMILES string of the molecule is CCCCCCCOc1c(Cl)cc(C(=O)c2c(C)c(C#N)c(=O)n(CC3CCCO3)c2O)cc1Cl. The minimum Gasteiger partial charge on any atom is -0.494 e. The van der Waals surface area contributed by atoms with Crippen molar-refractivity contribution in [3.8, 4) is 17.7 Å². The van der Waals surface area contributed by atoms with Gasteiger partial charge in [0.1, 0.15) is 11.6 Å². The van der Waals surface area contributed by atoms with Crippen LogP contribution in [-0.2, 0) is 11.3 Å². The molecule has 0 saturated carbocycles. The monoisotopic (exact) mass is 520 g/mol. The molecule has 1 atom stereocenters. The van der Waals surface area contributed by atoms with Crippen molar-refractivity contribution in [3.05, 3.63) is 54.8 Å². The smallest absolute Gasteiger partial charge is 0.271 e. The van der Waals surface area contributed by atoms with Crippen molar-refractivity contribution >= 4 is 29.0 Å². The van der Waals surface area contributed by atoms with Crippen molar-refractivity contribution in [1.29, 1.82) is 5.26 Å². The summed E-state index contributed by atoms with van der Waals surface area (Å²) in [6.07, 6.45) is 6.66. The Hall–Kier alpha value is -2.53. The standard InChI is InChI=1S/C26H30Cl2N2O5/c1-3-4-5-6-7-10-35-24-20(27)12-17(13-21(24)28)23(31)22-16(2)19(14-29)25(32)30(26(22)33)15-18-9-8-11-34-18/h12-13,18,33H,3-11,15H2,1-2H3. The van der Waals surface area contributed by atoms with Gasteiger partial charge in [-0.3, -0.25) is 14.2 Å². The maximum atomic E-state index is 13.5. The van der Waals surface area contributed by atoms with E-state index >= 15 is 0 Å². The maximum absolute atomic E-state index is 13.5. The Labute approximate surface area is 215 Å². The predicted octanol–water partition coefficient (Wildman–Crippen LogP) is 5.80. The Morgan fingerprint density at radius 1 is 1.26 bits per heavy atom. The first-order valence-corrected chi connectivity index (χ1v) is 12.7. The lowest BCUT2D eigenvalue weighted by Crippen LogP contribution is -2.30. The van der Waals surface area contributed by atoms with Crippen molar-refractivity contribution in [2.24, 2.45) is 0 Å². The maximum Gasteiger partial charge on any atom is 0.271 e. The molecule has 9 heteroatoms. The molecule has 1 N–H and O–H groups in total. The fourth-order valence-corrected chi connectivity index (χ4v) is 4.83. The summed E-state index contributed by atoms with van der Waals surface area (Å²) >= 11 is 12.8. The lowest BCUT2D eigenvalue weighted by molar-refractivity contribution is 0.0929. The average Bonchev–Trinajstić information content (AvgIpc) is 3.34.